The average Bonchev–Trinajstić information content (AvgIpc) is 2.68. The van der Waals surface area contributed by atoms with Crippen LogP contribution in [0.5, 0.6) is 5.75 Å². The predicted molar refractivity (Wildman–Crippen MR) is 115 cm³/mol. The number of piperazine rings is 1. The Balaban J connectivity index is 1.82. The maximum atomic E-state index is 14.8. The lowest BCUT2D eigenvalue weighted by Crippen LogP contribution is -2.56. The van der Waals surface area contributed by atoms with E-state index in [0.29, 0.717) is 0 Å². The van der Waals surface area contributed by atoms with E-state index in [0.717, 1.165) is 12.1 Å². The van der Waals surface area contributed by atoms with Crippen molar-refractivity contribution in [2.75, 3.05) is 19.6 Å². The van der Waals surface area contributed by atoms with Gasteiger partial charge in [0.2, 0.25) is 0 Å². The van der Waals surface area contributed by atoms with E-state index in [1.807, 2.05) is 0 Å². The van der Waals surface area contributed by atoms with Gasteiger partial charge < -0.3 is 19.6 Å². The molecule has 1 saturated heterocycles. The molecule has 1 aromatic heterocycles. The number of aromatic hydroxyl groups is 1. The zero-order chi connectivity index (χ0) is 23.8. The molecule has 2 heterocycles. The van der Waals surface area contributed by atoms with E-state index in [-0.39, 0.29) is 30.4 Å². The molecule has 3 rings (SSSR count). The van der Waals surface area contributed by atoms with Crippen molar-refractivity contribution in [3.05, 3.63) is 46.6 Å². The fraction of sp³-hybridized carbons (Fsp3) is 0.409. The summed E-state index contributed by atoms with van der Waals surface area (Å²) in [5, 5.41) is 9.59. The Morgan fingerprint density at radius 2 is 1.91 bits per heavy atom. The molecule has 172 valence electrons. The normalized spacial score (nSPS) is 16.8. The van der Waals surface area contributed by atoms with Crippen LogP contribution < -0.4 is 0 Å². The first-order valence-corrected chi connectivity index (χ1v) is 10.4. The third kappa shape index (κ3) is 4.93. The van der Waals surface area contributed by atoms with Gasteiger partial charge in [-0.05, 0) is 45.9 Å². The summed E-state index contributed by atoms with van der Waals surface area (Å²) in [6.07, 6.45) is -0.476. The molecule has 0 aliphatic carbocycles. The van der Waals surface area contributed by atoms with Crippen molar-refractivity contribution in [1.82, 2.24) is 14.8 Å². The van der Waals surface area contributed by atoms with Gasteiger partial charge in [-0.25, -0.2) is 18.6 Å². The highest BCUT2D eigenvalue weighted by Gasteiger charge is 2.34. The third-order valence-electron chi connectivity index (χ3n) is 4.93. The number of amides is 2. The summed E-state index contributed by atoms with van der Waals surface area (Å²) in [6.45, 7) is 7.70. The molecule has 10 heteroatoms. The Morgan fingerprint density at radius 1 is 1.22 bits per heavy atom. The van der Waals surface area contributed by atoms with Crippen LogP contribution in [0.4, 0.5) is 13.6 Å². The molecule has 0 spiro atoms. The summed E-state index contributed by atoms with van der Waals surface area (Å²) in [5.74, 6) is -2.95. The van der Waals surface area contributed by atoms with Crippen molar-refractivity contribution in [3.63, 3.8) is 0 Å². The van der Waals surface area contributed by atoms with Gasteiger partial charge in [0.25, 0.3) is 5.91 Å². The molecule has 1 aliphatic rings. The summed E-state index contributed by atoms with van der Waals surface area (Å²) >= 11 is 6.16. The predicted octanol–water partition coefficient (Wildman–Crippen LogP) is 4.47. The molecule has 0 unspecified atom stereocenters. The molecule has 0 radical (unpaired) electrons. The first-order chi connectivity index (χ1) is 14.9. The van der Waals surface area contributed by atoms with E-state index in [9.17, 15) is 23.5 Å². The van der Waals surface area contributed by atoms with Crippen LogP contribution in [0, 0.1) is 11.6 Å². The molecule has 0 saturated carbocycles. The van der Waals surface area contributed by atoms with Crippen LogP contribution in [0.3, 0.4) is 0 Å². The maximum absolute atomic E-state index is 14.8. The molecule has 1 atom stereocenters. The minimum absolute atomic E-state index is 0.188. The van der Waals surface area contributed by atoms with Crippen molar-refractivity contribution in [2.24, 2.45) is 0 Å². The Kier molecular flexibility index (Phi) is 6.59. The Bertz CT molecular complexity index is 1040. The average molecular weight is 468 g/mol. The van der Waals surface area contributed by atoms with E-state index < -0.39 is 52.3 Å². The monoisotopic (exact) mass is 467 g/mol. The standard InChI is InChI=1S/C22H24ClF2N3O4/c1-12-11-27(21(31)32-22(2,3)4)8-9-28(12)20(30)13-10-15(25)18(26-19(13)23)17-14(24)6-5-7-16(17)29/h5-7,10,12,29H,8-9,11H2,1-4H3/t12-/m0/s1. The summed E-state index contributed by atoms with van der Waals surface area (Å²) in [5.41, 5.74) is -1.77. The highest BCUT2D eigenvalue weighted by Crippen LogP contribution is 2.34. The van der Waals surface area contributed by atoms with Crippen LogP contribution in [0.1, 0.15) is 38.1 Å². The molecule has 0 bridgehead atoms. The van der Waals surface area contributed by atoms with E-state index in [1.165, 1.54) is 21.9 Å². The van der Waals surface area contributed by atoms with Crippen LogP contribution in [0.25, 0.3) is 11.3 Å². The molecule has 1 N–H and O–H groups in total. The Labute approximate surface area is 189 Å². The number of hydrogen-bond acceptors (Lipinski definition) is 5. The van der Waals surface area contributed by atoms with Gasteiger partial charge in [-0.3, -0.25) is 4.79 Å². The van der Waals surface area contributed by atoms with Gasteiger partial charge >= 0.3 is 6.09 Å². The molecular formula is C22H24ClF2N3O4. The molecular weight excluding hydrogens is 444 g/mol. The molecule has 32 heavy (non-hydrogen) atoms. The number of halogens is 3. The lowest BCUT2D eigenvalue weighted by molar-refractivity contribution is 0.00616. The number of benzene rings is 1. The summed E-state index contributed by atoms with van der Waals surface area (Å²) in [7, 11) is 0. The van der Waals surface area contributed by atoms with Crippen molar-refractivity contribution in [1.29, 1.82) is 0 Å². The molecule has 1 aliphatic heterocycles. The summed E-state index contributed by atoms with van der Waals surface area (Å²) in [4.78, 5) is 32.2. The second-order valence-electron chi connectivity index (χ2n) is 8.57. The number of carbonyl (C=O) groups is 2. The number of pyridine rings is 1. The number of phenolic OH excluding ortho intramolecular Hbond substituents is 1. The summed E-state index contributed by atoms with van der Waals surface area (Å²) < 4.78 is 34.3. The second kappa shape index (κ2) is 8.90. The molecule has 2 aromatic rings. The van der Waals surface area contributed by atoms with Crippen LogP contribution in [0.15, 0.2) is 24.3 Å². The smallest absolute Gasteiger partial charge is 0.410 e. The van der Waals surface area contributed by atoms with Gasteiger partial charge in [0.1, 0.15) is 28.0 Å². The van der Waals surface area contributed by atoms with Gasteiger partial charge in [0.05, 0.1) is 11.1 Å². The van der Waals surface area contributed by atoms with Crippen molar-refractivity contribution >= 4 is 23.6 Å². The first kappa shape index (κ1) is 23.7. The highest BCUT2D eigenvalue weighted by molar-refractivity contribution is 6.32. The van der Waals surface area contributed by atoms with Crippen LogP contribution in [-0.4, -0.2) is 63.2 Å². The highest BCUT2D eigenvalue weighted by atomic mass is 35.5. The summed E-state index contributed by atoms with van der Waals surface area (Å²) in [6, 6.07) is 4.00. The topological polar surface area (TPSA) is 83.0 Å². The number of ether oxygens (including phenoxy) is 1. The zero-order valence-corrected chi connectivity index (χ0v) is 18.9. The maximum Gasteiger partial charge on any atom is 0.410 e. The number of aromatic nitrogens is 1. The number of carbonyl (C=O) groups excluding carboxylic acids is 2. The number of phenols is 1. The van der Waals surface area contributed by atoms with E-state index in [4.69, 9.17) is 16.3 Å². The fourth-order valence-electron chi connectivity index (χ4n) is 3.45. The largest absolute Gasteiger partial charge is 0.507 e. The van der Waals surface area contributed by atoms with Crippen LogP contribution in [0.2, 0.25) is 5.15 Å². The van der Waals surface area contributed by atoms with Gasteiger partial charge in [-0.1, -0.05) is 17.7 Å². The van der Waals surface area contributed by atoms with E-state index in [1.54, 1.807) is 27.7 Å². The molecule has 7 nitrogen and oxygen atoms in total. The zero-order valence-electron chi connectivity index (χ0n) is 18.2. The minimum atomic E-state index is -1.00. The number of nitrogens with zero attached hydrogens (tertiary/aromatic N) is 3. The van der Waals surface area contributed by atoms with Crippen molar-refractivity contribution in [3.8, 4) is 17.0 Å². The lowest BCUT2D eigenvalue weighted by atomic mass is 10.1. The quantitative estimate of drug-likeness (QED) is 0.659. The molecule has 1 aromatic carbocycles. The van der Waals surface area contributed by atoms with Gasteiger partial charge in [-0.2, -0.15) is 0 Å². The van der Waals surface area contributed by atoms with Crippen molar-refractivity contribution < 1.29 is 28.2 Å². The van der Waals surface area contributed by atoms with Gasteiger partial charge in [0.15, 0.2) is 5.82 Å². The van der Waals surface area contributed by atoms with Crippen molar-refractivity contribution in [2.45, 2.75) is 39.3 Å². The Hall–Kier alpha value is -2.94. The van der Waals surface area contributed by atoms with E-state index in [2.05, 4.69) is 4.98 Å². The van der Waals surface area contributed by atoms with Gasteiger partial charge in [-0.15, -0.1) is 0 Å². The van der Waals surface area contributed by atoms with Crippen LogP contribution >= 0.6 is 11.6 Å². The lowest BCUT2D eigenvalue weighted by Gasteiger charge is -2.40. The fourth-order valence-corrected chi connectivity index (χ4v) is 3.67. The molecule has 1 fully saturated rings. The van der Waals surface area contributed by atoms with E-state index >= 15 is 0 Å². The number of rotatable bonds is 2. The second-order valence-corrected chi connectivity index (χ2v) is 8.92. The van der Waals surface area contributed by atoms with Gasteiger partial charge in [0, 0.05) is 25.7 Å². The minimum Gasteiger partial charge on any atom is -0.507 e. The third-order valence-corrected chi connectivity index (χ3v) is 5.22. The SMILES string of the molecule is C[C@H]1CN(C(=O)OC(C)(C)C)CCN1C(=O)c1cc(F)c(-c2c(O)cccc2F)nc1Cl. The Morgan fingerprint density at radius 3 is 2.50 bits per heavy atom. The first-order valence-electron chi connectivity index (χ1n) is 10.0. The molecule has 2 amide bonds. The number of hydrogen-bond donors (Lipinski definition) is 1. The van der Waals surface area contributed by atoms with Crippen LogP contribution in [-0.2, 0) is 4.74 Å².